The van der Waals surface area contributed by atoms with Gasteiger partial charge < -0.3 is 5.73 Å². The van der Waals surface area contributed by atoms with Crippen molar-refractivity contribution in [2.24, 2.45) is 5.73 Å². The summed E-state index contributed by atoms with van der Waals surface area (Å²) >= 11 is 5.95. The Balaban J connectivity index is 2.53. The van der Waals surface area contributed by atoms with Crippen LogP contribution in [0.15, 0.2) is 18.2 Å². The zero-order valence-electron chi connectivity index (χ0n) is 8.80. The molecule has 2 N–H and O–H groups in total. The smallest absolute Gasteiger partial charge is 0.157 e. The van der Waals surface area contributed by atoms with Crippen LogP contribution >= 0.6 is 11.6 Å². The standard InChI is InChI=1S/C12H13ClFNO/c13-8-4-3-5-9(14)11(8)12(15)7-2-1-6-10(12)16/h3-5H,1-2,6-7,15H2. The number of Topliss-reactive ketones (excluding diaryl/α,β-unsaturated/α-hetero) is 1. The first kappa shape index (κ1) is 11.6. The van der Waals surface area contributed by atoms with E-state index in [9.17, 15) is 9.18 Å². The fourth-order valence-corrected chi connectivity index (χ4v) is 2.57. The third-order valence-electron chi connectivity index (χ3n) is 3.13. The van der Waals surface area contributed by atoms with Gasteiger partial charge in [0.25, 0.3) is 0 Å². The molecule has 0 aliphatic heterocycles. The minimum Gasteiger partial charge on any atom is -0.315 e. The first-order valence-corrected chi connectivity index (χ1v) is 5.70. The molecule has 1 aliphatic carbocycles. The molecule has 2 rings (SSSR count). The molecule has 1 aromatic rings. The highest BCUT2D eigenvalue weighted by Crippen LogP contribution is 2.37. The van der Waals surface area contributed by atoms with Gasteiger partial charge in [-0.15, -0.1) is 0 Å². The maximum absolute atomic E-state index is 13.7. The van der Waals surface area contributed by atoms with E-state index < -0.39 is 11.4 Å². The van der Waals surface area contributed by atoms with Crippen LogP contribution in [0.1, 0.15) is 31.2 Å². The second-order valence-electron chi connectivity index (χ2n) is 4.20. The monoisotopic (exact) mass is 241 g/mol. The van der Waals surface area contributed by atoms with E-state index >= 15 is 0 Å². The molecule has 0 radical (unpaired) electrons. The molecule has 0 bridgehead atoms. The van der Waals surface area contributed by atoms with Crippen LogP contribution in [-0.2, 0) is 10.3 Å². The average molecular weight is 242 g/mol. The number of nitrogens with two attached hydrogens (primary N) is 1. The summed E-state index contributed by atoms with van der Waals surface area (Å²) in [6, 6.07) is 4.37. The first-order chi connectivity index (χ1) is 7.55. The number of carbonyl (C=O) groups is 1. The lowest BCUT2D eigenvalue weighted by molar-refractivity contribution is -0.126. The van der Waals surface area contributed by atoms with Gasteiger partial charge in [0.15, 0.2) is 5.78 Å². The molecule has 0 saturated heterocycles. The van der Waals surface area contributed by atoms with Gasteiger partial charge in [-0.25, -0.2) is 4.39 Å². The Morgan fingerprint density at radius 3 is 2.75 bits per heavy atom. The molecule has 86 valence electrons. The summed E-state index contributed by atoms with van der Waals surface area (Å²) in [6.07, 6.45) is 2.52. The van der Waals surface area contributed by atoms with Crippen LogP contribution in [0.4, 0.5) is 4.39 Å². The lowest BCUT2D eigenvalue weighted by Crippen LogP contribution is -2.47. The predicted octanol–water partition coefficient (Wildman–Crippen LogP) is 2.78. The van der Waals surface area contributed by atoms with E-state index in [1.807, 2.05) is 0 Å². The number of halogens is 2. The van der Waals surface area contributed by atoms with Gasteiger partial charge in [-0.3, -0.25) is 4.79 Å². The van der Waals surface area contributed by atoms with Gasteiger partial charge >= 0.3 is 0 Å². The first-order valence-electron chi connectivity index (χ1n) is 5.32. The predicted molar refractivity (Wildman–Crippen MR) is 60.8 cm³/mol. The zero-order valence-corrected chi connectivity index (χ0v) is 9.56. The van der Waals surface area contributed by atoms with Crippen molar-refractivity contribution >= 4 is 17.4 Å². The highest BCUT2D eigenvalue weighted by Gasteiger charge is 2.40. The quantitative estimate of drug-likeness (QED) is 0.822. The van der Waals surface area contributed by atoms with Crippen molar-refractivity contribution in [3.05, 3.63) is 34.6 Å². The molecule has 1 aliphatic rings. The third-order valence-corrected chi connectivity index (χ3v) is 3.45. The highest BCUT2D eigenvalue weighted by atomic mass is 35.5. The van der Waals surface area contributed by atoms with Crippen LogP contribution in [-0.4, -0.2) is 5.78 Å². The molecule has 1 atom stereocenters. The summed E-state index contributed by atoms with van der Waals surface area (Å²) in [5.74, 6) is -0.615. The van der Waals surface area contributed by atoms with Crippen molar-refractivity contribution < 1.29 is 9.18 Å². The molecule has 0 aromatic heterocycles. The summed E-state index contributed by atoms with van der Waals surface area (Å²) in [5, 5.41) is 0.234. The Bertz CT molecular complexity index is 415. The van der Waals surface area contributed by atoms with Crippen LogP contribution in [0.3, 0.4) is 0 Å². The van der Waals surface area contributed by atoms with E-state index in [1.165, 1.54) is 12.1 Å². The van der Waals surface area contributed by atoms with E-state index in [1.54, 1.807) is 6.07 Å². The zero-order chi connectivity index (χ0) is 11.8. The van der Waals surface area contributed by atoms with Gasteiger partial charge in [0, 0.05) is 17.0 Å². The maximum atomic E-state index is 13.7. The van der Waals surface area contributed by atoms with Gasteiger partial charge in [-0.2, -0.15) is 0 Å². The number of hydrogen-bond acceptors (Lipinski definition) is 2. The number of ketones is 1. The minimum atomic E-state index is -1.24. The van der Waals surface area contributed by atoms with E-state index in [2.05, 4.69) is 0 Å². The molecular formula is C12H13ClFNO. The molecule has 1 unspecified atom stereocenters. The van der Waals surface area contributed by atoms with Crippen LogP contribution in [0.5, 0.6) is 0 Å². The van der Waals surface area contributed by atoms with Crippen molar-refractivity contribution in [2.75, 3.05) is 0 Å². The van der Waals surface area contributed by atoms with Crippen molar-refractivity contribution in [3.63, 3.8) is 0 Å². The van der Waals surface area contributed by atoms with E-state index in [0.29, 0.717) is 12.8 Å². The summed E-state index contributed by atoms with van der Waals surface area (Å²) in [6.45, 7) is 0. The lowest BCUT2D eigenvalue weighted by atomic mass is 9.76. The minimum absolute atomic E-state index is 0.120. The number of rotatable bonds is 1. The largest absolute Gasteiger partial charge is 0.315 e. The van der Waals surface area contributed by atoms with Crippen LogP contribution in [0.25, 0.3) is 0 Å². The maximum Gasteiger partial charge on any atom is 0.157 e. The summed E-state index contributed by atoms with van der Waals surface area (Å²) in [4.78, 5) is 11.9. The Kier molecular flexibility index (Phi) is 3.00. The van der Waals surface area contributed by atoms with Crippen molar-refractivity contribution in [1.29, 1.82) is 0 Å². The molecule has 16 heavy (non-hydrogen) atoms. The normalized spacial score (nSPS) is 25.8. The van der Waals surface area contributed by atoms with Gasteiger partial charge in [0.05, 0.1) is 0 Å². The number of hydrogen-bond donors (Lipinski definition) is 1. The fourth-order valence-electron chi connectivity index (χ4n) is 2.24. The summed E-state index contributed by atoms with van der Waals surface area (Å²) < 4.78 is 13.7. The lowest BCUT2D eigenvalue weighted by Gasteiger charge is -2.33. The van der Waals surface area contributed by atoms with Crippen molar-refractivity contribution in [3.8, 4) is 0 Å². The molecule has 1 saturated carbocycles. The topological polar surface area (TPSA) is 43.1 Å². The molecule has 0 amide bonds. The Labute approximate surface area is 98.6 Å². The van der Waals surface area contributed by atoms with E-state index in [4.69, 9.17) is 17.3 Å². The van der Waals surface area contributed by atoms with Crippen molar-refractivity contribution in [2.45, 2.75) is 31.2 Å². The molecule has 1 aromatic carbocycles. The van der Waals surface area contributed by atoms with E-state index in [-0.39, 0.29) is 16.4 Å². The van der Waals surface area contributed by atoms with Gasteiger partial charge in [-0.05, 0) is 25.0 Å². The second-order valence-corrected chi connectivity index (χ2v) is 4.61. The highest BCUT2D eigenvalue weighted by molar-refractivity contribution is 6.31. The Morgan fingerprint density at radius 1 is 1.38 bits per heavy atom. The number of carbonyl (C=O) groups excluding carboxylic acids is 1. The van der Waals surface area contributed by atoms with E-state index in [0.717, 1.165) is 12.8 Å². The van der Waals surface area contributed by atoms with Gasteiger partial charge in [0.2, 0.25) is 0 Å². The summed E-state index contributed by atoms with van der Waals surface area (Å²) in [7, 11) is 0. The molecule has 2 nitrogen and oxygen atoms in total. The SMILES string of the molecule is NC1(c2c(F)cccc2Cl)CCCCC1=O. The third kappa shape index (κ3) is 1.74. The molecule has 1 fully saturated rings. The second kappa shape index (κ2) is 4.15. The van der Waals surface area contributed by atoms with Crippen LogP contribution < -0.4 is 5.73 Å². The average Bonchev–Trinajstić information content (AvgIpc) is 2.22. The van der Waals surface area contributed by atoms with Gasteiger partial charge in [0.1, 0.15) is 11.4 Å². The molecular weight excluding hydrogens is 229 g/mol. The Morgan fingerprint density at radius 2 is 2.12 bits per heavy atom. The molecule has 0 spiro atoms. The van der Waals surface area contributed by atoms with Gasteiger partial charge in [-0.1, -0.05) is 24.1 Å². The molecule has 4 heteroatoms. The summed E-state index contributed by atoms with van der Waals surface area (Å²) in [5.41, 5.74) is 4.97. The van der Waals surface area contributed by atoms with Crippen LogP contribution in [0.2, 0.25) is 5.02 Å². The Hall–Kier alpha value is -0.930. The fraction of sp³-hybridized carbons (Fsp3) is 0.417. The van der Waals surface area contributed by atoms with Crippen molar-refractivity contribution in [1.82, 2.24) is 0 Å². The number of benzene rings is 1. The van der Waals surface area contributed by atoms with Crippen LogP contribution in [0, 0.1) is 5.82 Å². The molecule has 0 heterocycles.